The minimum Gasteiger partial charge on any atom is -0.343 e. The minimum absolute atomic E-state index is 0.117. The zero-order chi connectivity index (χ0) is 14.1. The fraction of sp³-hybridized carbons (Fsp3) is 0.867. The van der Waals surface area contributed by atoms with Crippen molar-refractivity contribution in [1.82, 2.24) is 10.2 Å². The zero-order valence-electron chi connectivity index (χ0n) is 12.3. The van der Waals surface area contributed by atoms with Crippen LogP contribution in [-0.2, 0) is 4.79 Å². The summed E-state index contributed by atoms with van der Waals surface area (Å²) >= 11 is 0. The monoisotopic (exact) mass is 265 g/mol. The van der Waals surface area contributed by atoms with E-state index in [4.69, 9.17) is 0 Å². The largest absolute Gasteiger partial charge is 0.343 e. The van der Waals surface area contributed by atoms with Crippen molar-refractivity contribution in [2.45, 2.75) is 58.4 Å². The standard InChI is InChI=1S/C15H27N3O/c1-3-18(4-2)15(19)10-11-17-14-9-7-5-6-8-13(14)12-16/h13-14,17H,3-11H2,1-2H3. The number of carbonyl (C=O) groups is 1. The van der Waals surface area contributed by atoms with E-state index in [0.717, 1.165) is 32.4 Å². The number of amides is 1. The molecule has 0 aliphatic heterocycles. The quantitative estimate of drug-likeness (QED) is 0.750. The Hall–Kier alpha value is -1.08. The van der Waals surface area contributed by atoms with E-state index >= 15 is 0 Å². The maximum absolute atomic E-state index is 11.9. The molecule has 108 valence electrons. The Kier molecular flexibility index (Phi) is 7.50. The van der Waals surface area contributed by atoms with Crippen LogP contribution in [0.15, 0.2) is 0 Å². The predicted molar refractivity (Wildman–Crippen MR) is 76.5 cm³/mol. The molecule has 2 unspecified atom stereocenters. The molecule has 2 atom stereocenters. The fourth-order valence-corrected chi connectivity index (χ4v) is 2.81. The molecule has 1 N–H and O–H groups in total. The van der Waals surface area contributed by atoms with Gasteiger partial charge in [-0.1, -0.05) is 19.3 Å². The number of hydrogen-bond donors (Lipinski definition) is 1. The maximum atomic E-state index is 11.9. The zero-order valence-corrected chi connectivity index (χ0v) is 12.3. The summed E-state index contributed by atoms with van der Waals surface area (Å²) < 4.78 is 0. The molecule has 0 aromatic carbocycles. The average Bonchev–Trinajstić information content (AvgIpc) is 2.65. The fourth-order valence-electron chi connectivity index (χ4n) is 2.81. The van der Waals surface area contributed by atoms with E-state index in [1.165, 1.54) is 12.8 Å². The lowest BCUT2D eigenvalue weighted by atomic mass is 9.96. The first-order chi connectivity index (χ1) is 9.22. The summed E-state index contributed by atoms with van der Waals surface area (Å²) in [5.74, 6) is 0.325. The number of rotatable bonds is 6. The Bertz CT molecular complexity index is 307. The highest BCUT2D eigenvalue weighted by molar-refractivity contribution is 5.76. The Morgan fingerprint density at radius 1 is 1.26 bits per heavy atom. The third kappa shape index (κ3) is 5.20. The molecule has 0 bridgehead atoms. The van der Waals surface area contributed by atoms with Gasteiger partial charge < -0.3 is 10.2 Å². The Labute approximate surface area is 117 Å². The maximum Gasteiger partial charge on any atom is 0.223 e. The molecule has 1 saturated carbocycles. The predicted octanol–water partition coefficient (Wildman–Crippen LogP) is 2.31. The summed E-state index contributed by atoms with van der Waals surface area (Å²) in [5, 5.41) is 12.6. The summed E-state index contributed by atoms with van der Waals surface area (Å²) in [7, 11) is 0. The molecule has 0 spiro atoms. The van der Waals surface area contributed by atoms with Gasteiger partial charge in [0.25, 0.3) is 0 Å². The van der Waals surface area contributed by atoms with Gasteiger partial charge in [-0.25, -0.2) is 0 Å². The topological polar surface area (TPSA) is 56.1 Å². The molecule has 0 aromatic rings. The van der Waals surface area contributed by atoms with E-state index < -0.39 is 0 Å². The molecule has 1 aliphatic rings. The van der Waals surface area contributed by atoms with E-state index in [9.17, 15) is 10.1 Å². The van der Waals surface area contributed by atoms with Gasteiger partial charge in [0, 0.05) is 32.1 Å². The van der Waals surface area contributed by atoms with Gasteiger partial charge in [-0.3, -0.25) is 4.79 Å². The highest BCUT2D eigenvalue weighted by Gasteiger charge is 2.23. The van der Waals surface area contributed by atoms with Crippen molar-refractivity contribution < 1.29 is 4.79 Å². The van der Waals surface area contributed by atoms with Gasteiger partial charge in [-0.2, -0.15) is 5.26 Å². The van der Waals surface area contributed by atoms with Gasteiger partial charge in [-0.05, 0) is 26.7 Å². The first kappa shape index (κ1) is 16.0. The van der Waals surface area contributed by atoms with E-state index in [2.05, 4.69) is 11.4 Å². The van der Waals surface area contributed by atoms with Crippen LogP contribution >= 0.6 is 0 Å². The SMILES string of the molecule is CCN(CC)C(=O)CCNC1CCCCCC1C#N. The third-order valence-electron chi connectivity index (χ3n) is 4.04. The molecule has 19 heavy (non-hydrogen) atoms. The second-order valence-electron chi connectivity index (χ2n) is 5.25. The summed E-state index contributed by atoms with van der Waals surface area (Å²) in [5.41, 5.74) is 0. The molecule has 1 aliphatic carbocycles. The van der Waals surface area contributed by atoms with E-state index in [0.29, 0.717) is 13.0 Å². The summed E-state index contributed by atoms with van der Waals surface area (Å²) in [4.78, 5) is 13.7. The van der Waals surface area contributed by atoms with Crippen molar-refractivity contribution in [1.29, 1.82) is 5.26 Å². The molecule has 4 heteroatoms. The van der Waals surface area contributed by atoms with Crippen molar-refractivity contribution >= 4 is 5.91 Å². The lowest BCUT2D eigenvalue weighted by Crippen LogP contribution is -2.38. The van der Waals surface area contributed by atoms with Gasteiger partial charge >= 0.3 is 0 Å². The highest BCUT2D eigenvalue weighted by atomic mass is 16.2. The van der Waals surface area contributed by atoms with Crippen LogP contribution in [0.1, 0.15) is 52.4 Å². The van der Waals surface area contributed by atoms with Crippen LogP contribution in [0, 0.1) is 17.2 Å². The lowest BCUT2D eigenvalue weighted by molar-refractivity contribution is -0.130. The summed E-state index contributed by atoms with van der Waals surface area (Å²) in [6, 6.07) is 2.69. The van der Waals surface area contributed by atoms with Crippen molar-refractivity contribution in [2.24, 2.45) is 5.92 Å². The van der Waals surface area contributed by atoms with Gasteiger partial charge in [0.05, 0.1) is 12.0 Å². The number of nitriles is 1. The molecule has 1 fully saturated rings. The Balaban J connectivity index is 2.34. The highest BCUT2D eigenvalue weighted by Crippen LogP contribution is 2.22. The van der Waals surface area contributed by atoms with Crippen LogP contribution in [-0.4, -0.2) is 36.5 Å². The summed E-state index contributed by atoms with van der Waals surface area (Å²) in [6.07, 6.45) is 6.19. The van der Waals surface area contributed by atoms with E-state index in [-0.39, 0.29) is 17.9 Å². The van der Waals surface area contributed by atoms with Gasteiger partial charge in [-0.15, -0.1) is 0 Å². The second kappa shape index (κ2) is 8.92. The van der Waals surface area contributed by atoms with Gasteiger partial charge in [0.1, 0.15) is 0 Å². The van der Waals surface area contributed by atoms with Crippen LogP contribution in [0.25, 0.3) is 0 Å². The van der Waals surface area contributed by atoms with E-state index in [1.807, 2.05) is 18.7 Å². The second-order valence-corrected chi connectivity index (χ2v) is 5.25. The number of hydrogen-bond acceptors (Lipinski definition) is 3. The van der Waals surface area contributed by atoms with Crippen LogP contribution in [0.5, 0.6) is 0 Å². The summed E-state index contributed by atoms with van der Waals surface area (Å²) in [6.45, 7) is 6.26. The molecule has 0 heterocycles. The van der Waals surface area contributed by atoms with Crippen molar-refractivity contribution in [3.63, 3.8) is 0 Å². The molecule has 0 aromatic heterocycles. The van der Waals surface area contributed by atoms with Gasteiger partial charge in [0.2, 0.25) is 5.91 Å². The van der Waals surface area contributed by atoms with Gasteiger partial charge in [0.15, 0.2) is 0 Å². The van der Waals surface area contributed by atoms with Crippen molar-refractivity contribution in [3.8, 4) is 6.07 Å². The first-order valence-electron chi connectivity index (χ1n) is 7.63. The van der Waals surface area contributed by atoms with E-state index in [1.54, 1.807) is 0 Å². The normalized spacial score (nSPS) is 23.4. The Morgan fingerprint density at radius 3 is 2.58 bits per heavy atom. The molecule has 0 saturated heterocycles. The third-order valence-corrected chi connectivity index (χ3v) is 4.04. The Morgan fingerprint density at radius 2 is 1.95 bits per heavy atom. The molecule has 4 nitrogen and oxygen atoms in total. The van der Waals surface area contributed by atoms with Crippen LogP contribution < -0.4 is 5.32 Å². The number of nitrogens with zero attached hydrogens (tertiary/aromatic N) is 2. The molecular weight excluding hydrogens is 238 g/mol. The molecule has 1 amide bonds. The number of nitrogens with one attached hydrogen (secondary N) is 1. The minimum atomic E-state index is 0.117. The van der Waals surface area contributed by atoms with Crippen molar-refractivity contribution in [3.05, 3.63) is 0 Å². The lowest BCUT2D eigenvalue weighted by Gasteiger charge is -2.22. The molecular formula is C15H27N3O. The van der Waals surface area contributed by atoms with Crippen LogP contribution in [0.4, 0.5) is 0 Å². The first-order valence-corrected chi connectivity index (χ1v) is 7.63. The smallest absolute Gasteiger partial charge is 0.223 e. The molecule has 0 radical (unpaired) electrons. The van der Waals surface area contributed by atoms with Crippen LogP contribution in [0.3, 0.4) is 0 Å². The number of carbonyl (C=O) groups excluding carboxylic acids is 1. The average molecular weight is 265 g/mol. The van der Waals surface area contributed by atoms with Crippen LogP contribution in [0.2, 0.25) is 0 Å². The molecule has 1 rings (SSSR count). The van der Waals surface area contributed by atoms with Crippen molar-refractivity contribution in [2.75, 3.05) is 19.6 Å².